The molecule has 0 bridgehead atoms. The standard InChI is InChI=1S/C16H21NO2/c1-3-10-17-11-15-8-9-16(19-15)14-6-4-13(5-7-14)12(2)18/h4-9,12,17-18H,3,10-11H2,1-2H3/p+1/t12-/m1/s1. The molecule has 0 aliphatic carbocycles. The van der Waals surface area contributed by atoms with E-state index in [9.17, 15) is 5.11 Å². The van der Waals surface area contributed by atoms with Crippen molar-refractivity contribution in [1.29, 1.82) is 0 Å². The predicted molar refractivity (Wildman–Crippen MR) is 75.6 cm³/mol. The van der Waals surface area contributed by atoms with E-state index in [-0.39, 0.29) is 0 Å². The second-order valence-electron chi connectivity index (χ2n) is 4.85. The van der Waals surface area contributed by atoms with Crippen LogP contribution in [0, 0.1) is 0 Å². The lowest BCUT2D eigenvalue weighted by Crippen LogP contribution is -2.82. The third kappa shape index (κ3) is 3.69. The first kappa shape index (κ1) is 13.8. The topological polar surface area (TPSA) is 50.0 Å². The third-order valence-electron chi connectivity index (χ3n) is 3.18. The van der Waals surface area contributed by atoms with Crippen molar-refractivity contribution in [3.8, 4) is 11.3 Å². The molecular weight excluding hydrogens is 238 g/mol. The Kier molecular flexibility index (Phi) is 4.77. The minimum atomic E-state index is -0.426. The minimum absolute atomic E-state index is 0.426. The monoisotopic (exact) mass is 260 g/mol. The average molecular weight is 260 g/mol. The lowest BCUT2D eigenvalue weighted by atomic mass is 10.1. The number of quaternary nitrogens is 1. The molecule has 2 aromatic rings. The Bertz CT molecular complexity index is 500. The van der Waals surface area contributed by atoms with E-state index >= 15 is 0 Å². The van der Waals surface area contributed by atoms with Crippen molar-refractivity contribution in [3.05, 3.63) is 47.7 Å². The first-order valence-electron chi connectivity index (χ1n) is 6.89. The second-order valence-corrected chi connectivity index (χ2v) is 4.85. The molecule has 0 radical (unpaired) electrons. The van der Waals surface area contributed by atoms with E-state index in [0.29, 0.717) is 0 Å². The molecule has 19 heavy (non-hydrogen) atoms. The molecule has 0 saturated heterocycles. The number of aliphatic hydroxyl groups excluding tert-OH is 1. The zero-order valence-corrected chi connectivity index (χ0v) is 11.6. The molecule has 0 aliphatic rings. The second kappa shape index (κ2) is 6.55. The summed E-state index contributed by atoms with van der Waals surface area (Å²) in [5.41, 5.74) is 1.97. The van der Waals surface area contributed by atoms with Gasteiger partial charge in [0.25, 0.3) is 0 Å². The average Bonchev–Trinajstić information content (AvgIpc) is 2.88. The summed E-state index contributed by atoms with van der Waals surface area (Å²) in [6.45, 7) is 5.95. The minimum Gasteiger partial charge on any atom is -0.455 e. The highest BCUT2D eigenvalue weighted by atomic mass is 16.3. The molecule has 3 N–H and O–H groups in total. The van der Waals surface area contributed by atoms with Gasteiger partial charge in [0.2, 0.25) is 0 Å². The van der Waals surface area contributed by atoms with E-state index in [4.69, 9.17) is 4.42 Å². The van der Waals surface area contributed by atoms with Crippen molar-refractivity contribution in [3.63, 3.8) is 0 Å². The number of nitrogens with two attached hydrogens (primary N) is 1. The highest BCUT2D eigenvalue weighted by Gasteiger charge is 2.07. The van der Waals surface area contributed by atoms with Gasteiger partial charge in [0.05, 0.1) is 12.6 Å². The summed E-state index contributed by atoms with van der Waals surface area (Å²) in [6.07, 6.45) is 0.749. The molecule has 1 aromatic heterocycles. The highest BCUT2D eigenvalue weighted by Crippen LogP contribution is 2.23. The van der Waals surface area contributed by atoms with Crippen LogP contribution in [0.3, 0.4) is 0 Å². The fraction of sp³-hybridized carbons (Fsp3) is 0.375. The number of benzene rings is 1. The summed E-state index contributed by atoms with van der Waals surface area (Å²) in [6, 6.07) is 11.9. The van der Waals surface area contributed by atoms with E-state index in [1.807, 2.05) is 36.4 Å². The summed E-state index contributed by atoms with van der Waals surface area (Å²) < 4.78 is 5.82. The smallest absolute Gasteiger partial charge is 0.158 e. The molecule has 0 fully saturated rings. The molecule has 3 nitrogen and oxygen atoms in total. The van der Waals surface area contributed by atoms with Crippen LogP contribution in [-0.4, -0.2) is 11.7 Å². The van der Waals surface area contributed by atoms with Gasteiger partial charge < -0.3 is 14.8 Å². The maximum Gasteiger partial charge on any atom is 0.158 e. The number of hydrogen-bond acceptors (Lipinski definition) is 2. The van der Waals surface area contributed by atoms with Gasteiger partial charge in [0, 0.05) is 5.56 Å². The van der Waals surface area contributed by atoms with Gasteiger partial charge in [0.1, 0.15) is 12.3 Å². The van der Waals surface area contributed by atoms with Crippen LogP contribution in [0.2, 0.25) is 0 Å². The number of furan rings is 1. The molecule has 0 aliphatic heterocycles. The van der Waals surface area contributed by atoms with Gasteiger partial charge in [-0.05, 0) is 31.0 Å². The summed E-state index contributed by atoms with van der Waals surface area (Å²) in [7, 11) is 0. The van der Waals surface area contributed by atoms with Crippen LogP contribution < -0.4 is 5.32 Å². The first-order valence-corrected chi connectivity index (χ1v) is 6.89. The Morgan fingerprint density at radius 1 is 1.16 bits per heavy atom. The quantitative estimate of drug-likeness (QED) is 0.784. The van der Waals surface area contributed by atoms with Crippen LogP contribution in [0.1, 0.15) is 37.7 Å². The van der Waals surface area contributed by atoms with Crippen molar-refractivity contribution < 1.29 is 14.8 Å². The van der Waals surface area contributed by atoms with E-state index in [2.05, 4.69) is 12.2 Å². The van der Waals surface area contributed by atoms with Gasteiger partial charge in [-0.25, -0.2) is 0 Å². The lowest BCUT2D eigenvalue weighted by molar-refractivity contribution is -0.672. The van der Waals surface area contributed by atoms with Gasteiger partial charge in [0.15, 0.2) is 5.76 Å². The van der Waals surface area contributed by atoms with Crippen molar-refractivity contribution in [2.75, 3.05) is 6.54 Å². The van der Waals surface area contributed by atoms with Crippen molar-refractivity contribution in [2.45, 2.75) is 32.9 Å². The molecule has 0 amide bonds. The highest BCUT2D eigenvalue weighted by molar-refractivity contribution is 5.58. The molecule has 1 atom stereocenters. The fourth-order valence-electron chi connectivity index (χ4n) is 2.02. The van der Waals surface area contributed by atoms with Gasteiger partial charge in [-0.15, -0.1) is 0 Å². The Morgan fingerprint density at radius 3 is 2.53 bits per heavy atom. The normalized spacial score (nSPS) is 12.6. The molecule has 0 spiro atoms. The summed E-state index contributed by atoms with van der Waals surface area (Å²) in [5.74, 6) is 1.89. The zero-order chi connectivity index (χ0) is 13.7. The Hall–Kier alpha value is -1.58. The van der Waals surface area contributed by atoms with Crippen LogP contribution in [0.5, 0.6) is 0 Å². The summed E-state index contributed by atoms with van der Waals surface area (Å²) >= 11 is 0. The Labute approximate surface area is 114 Å². The van der Waals surface area contributed by atoms with Gasteiger partial charge in [-0.2, -0.15) is 0 Å². The molecule has 1 heterocycles. The molecule has 2 rings (SSSR count). The van der Waals surface area contributed by atoms with E-state index < -0.39 is 6.10 Å². The number of rotatable bonds is 6. The van der Waals surface area contributed by atoms with Crippen LogP contribution in [0.15, 0.2) is 40.8 Å². The lowest BCUT2D eigenvalue weighted by Gasteiger charge is -2.04. The zero-order valence-electron chi connectivity index (χ0n) is 11.6. The van der Waals surface area contributed by atoms with Crippen LogP contribution >= 0.6 is 0 Å². The number of aliphatic hydroxyl groups is 1. The maximum atomic E-state index is 9.48. The molecule has 0 unspecified atom stereocenters. The van der Waals surface area contributed by atoms with Gasteiger partial charge >= 0.3 is 0 Å². The first-order chi connectivity index (χ1) is 9.20. The third-order valence-corrected chi connectivity index (χ3v) is 3.18. The van der Waals surface area contributed by atoms with Crippen LogP contribution in [0.4, 0.5) is 0 Å². The Balaban J connectivity index is 2.05. The van der Waals surface area contributed by atoms with Crippen molar-refractivity contribution in [2.24, 2.45) is 0 Å². The van der Waals surface area contributed by atoms with E-state index in [1.165, 1.54) is 6.42 Å². The van der Waals surface area contributed by atoms with Gasteiger partial charge in [-0.1, -0.05) is 31.2 Å². The van der Waals surface area contributed by atoms with Crippen LogP contribution in [0.25, 0.3) is 11.3 Å². The molecular formula is C16H22NO2+. The predicted octanol–water partition coefficient (Wildman–Crippen LogP) is 2.47. The molecule has 0 saturated carbocycles. The fourth-order valence-corrected chi connectivity index (χ4v) is 2.02. The van der Waals surface area contributed by atoms with Crippen molar-refractivity contribution >= 4 is 0 Å². The summed E-state index contributed by atoms with van der Waals surface area (Å²) in [5, 5.41) is 11.7. The Morgan fingerprint density at radius 2 is 1.89 bits per heavy atom. The molecule has 102 valence electrons. The number of hydrogen-bond donors (Lipinski definition) is 2. The maximum absolute atomic E-state index is 9.48. The van der Waals surface area contributed by atoms with Gasteiger partial charge in [-0.3, -0.25) is 0 Å². The van der Waals surface area contributed by atoms with Crippen LogP contribution in [-0.2, 0) is 6.54 Å². The van der Waals surface area contributed by atoms with Crippen molar-refractivity contribution in [1.82, 2.24) is 0 Å². The molecule has 1 aromatic carbocycles. The largest absolute Gasteiger partial charge is 0.455 e. The SMILES string of the molecule is CCC[NH2+]Cc1ccc(-c2ccc([C@@H](C)O)cc2)o1. The van der Waals surface area contributed by atoms with E-state index in [0.717, 1.165) is 35.7 Å². The molecule has 3 heteroatoms. The van der Waals surface area contributed by atoms with E-state index in [1.54, 1.807) is 6.92 Å². The summed E-state index contributed by atoms with van der Waals surface area (Å²) in [4.78, 5) is 0.